The fourth-order valence-corrected chi connectivity index (χ4v) is 2.05. The summed E-state index contributed by atoms with van der Waals surface area (Å²) in [5.41, 5.74) is 3.39. The first kappa shape index (κ1) is 14.9. The van der Waals surface area contributed by atoms with Crippen molar-refractivity contribution in [1.29, 1.82) is 0 Å². The molecule has 0 radical (unpaired) electrons. The Morgan fingerprint density at radius 3 is 2.52 bits per heavy atom. The quantitative estimate of drug-likeness (QED) is 0.878. The minimum atomic E-state index is -0.953. The van der Waals surface area contributed by atoms with Crippen LogP contribution in [0.1, 0.15) is 41.2 Å². The van der Waals surface area contributed by atoms with Gasteiger partial charge in [-0.3, -0.25) is 0 Å². The van der Waals surface area contributed by atoms with E-state index in [1.54, 1.807) is 25.1 Å². The van der Waals surface area contributed by atoms with E-state index in [1.165, 1.54) is 0 Å². The van der Waals surface area contributed by atoms with Crippen LogP contribution in [0.2, 0.25) is 0 Å². The van der Waals surface area contributed by atoms with Crippen molar-refractivity contribution in [1.82, 2.24) is 15.2 Å². The number of aryl methyl sites for hydroxylation is 3. The molecule has 21 heavy (non-hydrogen) atoms. The van der Waals surface area contributed by atoms with Gasteiger partial charge in [0, 0.05) is 5.69 Å². The van der Waals surface area contributed by atoms with Crippen LogP contribution in [0.5, 0.6) is 0 Å². The summed E-state index contributed by atoms with van der Waals surface area (Å²) in [5, 5.41) is 20.3. The SMILES string of the molecule is CCc1nnc(Nc2ccc(C)c(C(=O)O)c2)nc1CC. The van der Waals surface area contributed by atoms with E-state index in [-0.39, 0.29) is 5.56 Å². The Balaban J connectivity index is 2.30. The first-order valence-corrected chi connectivity index (χ1v) is 6.88. The van der Waals surface area contributed by atoms with Gasteiger partial charge in [-0.05, 0) is 37.5 Å². The molecule has 0 aliphatic rings. The smallest absolute Gasteiger partial charge is 0.336 e. The first-order chi connectivity index (χ1) is 10.0. The Morgan fingerprint density at radius 1 is 1.19 bits per heavy atom. The van der Waals surface area contributed by atoms with Gasteiger partial charge in [0.25, 0.3) is 0 Å². The standard InChI is InChI=1S/C15H18N4O2/c1-4-12-13(5-2)18-19-15(17-12)16-10-7-6-9(3)11(8-10)14(20)21/h6-8H,4-5H2,1-3H3,(H,20,21)(H,16,17,19). The number of carboxylic acid groups (broad SMARTS) is 1. The fourth-order valence-electron chi connectivity index (χ4n) is 2.05. The van der Waals surface area contributed by atoms with E-state index in [0.29, 0.717) is 17.2 Å². The van der Waals surface area contributed by atoms with Gasteiger partial charge in [-0.15, -0.1) is 10.2 Å². The number of aromatic nitrogens is 3. The van der Waals surface area contributed by atoms with Crippen molar-refractivity contribution in [3.63, 3.8) is 0 Å². The molecule has 0 saturated heterocycles. The van der Waals surface area contributed by atoms with Crippen molar-refractivity contribution in [3.8, 4) is 0 Å². The number of benzene rings is 1. The van der Waals surface area contributed by atoms with Crippen molar-refractivity contribution in [2.75, 3.05) is 5.32 Å². The van der Waals surface area contributed by atoms with Crippen LogP contribution >= 0.6 is 0 Å². The van der Waals surface area contributed by atoms with Crippen LogP contribution in [-0.4, -0.2) is 26.3 Å². The summed E-state index contributed by atoms with van der Waals surface area (Å²) in [5.74, 6) is -0.574. The number of carbonyl (C=O) groups is 1. The highest BCUT2D eigenvalue weighted by Crippen LogP contribution is 2.18. The van der Waals surface area contributed by atoms with Gasteiger partial charge in [0.2, 0.25) is 5.95 Å². The third-order valence-corrected chi connectivity index (χ3v) is 3.23. The molecule has 0 amide bonds. The van der Waals surface area contributed by atoms with Gasteiger partial charge in [0.1, 0.15) is 0 Å². The average Bonchev–Trinajstić information content (AvgIpc) is 2.48. The number of carboxylic acids is 1. The summed E-state index contributed by atoms with van der Waals surface area (Å²) >= 11 is 0. The van der Waals surface area contributed by atoms with Gasteiger partial charge in [0.05, 0.1) is 17.0 Å². The van der Waals surface area contributed by atoms with Gasteiger partial charge < -0.3 is 10.4 Å². The number of rotatable bonds is 5. The van der Waals surface area contributed by atoms with Gasteiger partial charge in [-0.2, -0.15) is 0 Å². The molecule has 2 rings (SSSR count). The molecule has 0 bridgehead atoms. The molecular weight excluding hydrogens is 268 g/mol. The lowest BCUT2D eigenvalue weighted by atomic mass is 10.1. The maximum Gasteiger partial charge on any atom is 0.336 e. The van der Waals surface area contributed by atoms with E-state index in [1.807, 2.05) is 13.8 Å². The van der Waals surface area contributed by atoms with E-state index in [4.69, 9.17) is 5.11 Å². The van der Waals surface area contributed by atoms with E-state index in [9.17, 15) is 4.79 Å². The molecule has 6 nitrogen and oxygen atoms in total. The van der Waals surface area contributed by atoms with Crippen LogP contribution in [0, 0.1) is 6.92 Å². The third-order valence-electron chi connectivity index (χ3n) is 3.23. The van der Waals surface area contributed by atoms with E-state index in [0.717, 1.165) is 24.2 Å². The highest BCUT2D eigenvalue weighted by molar-refractivity contribution is 5.90. The number of hydrogen-bond acceptors (Lipinski definition) is 5. The summed E-state index contributed by atoms with van der Waals surface area (Å²) in [6.45, 7) is 5.79. The summed E-state index contributed by atoms with van der Waals surface area (Å²) in [6.07, 6.45) is 1.57. The lowest BCUT2D eigenvalue weighted by molar-refractivity contribution is 0.0696. The molecular formula is C15H18N4O2. The van der Waals surface area contributed by atoms with Gasteiger partial charge in [-0.25, -0.2) is 9.78 Å². The maximum absolute atomic E-state index is 11.1. The number of hydrogen-bond donors (Lipinski definition) is 2. The van der Waals surface area contributed by atoms with Crippen LogP contribution in [-0.2, 0) is 12.8 Å². The average molecular weight is 286 g/mol. The Labute approximate surface area is 123 Å². The molecule has 2 aromatic rings. The normalized spacial score (nSPS) is 10.4. The van der Waals surface area contributed by atoms with Gasteiger partial charge >= 0.3 is 5.97 Å². The second-order valence-corrected chi connectivity index (χ2v) is 4.70. The molecule has 0 atom stereocenters. The zero-order chi connectivity index (χ0) is 15.4. The summed E-state index contributed by atoms with van der Waals surface area (Å²) in [6, 6.07) is 5.12. The molecule has 0 unspecified atom stereocenters. The van der Waals surface area contributed by atoms with Crippen LogP contribution in [0.15, 0.2) is 18.2 Å². The topological polar surface area (TPSA) is 88.0 Å². The van der Waals surface area contributed by atoms with Crippen molar-refractivity contribution >= 4 is 17.6 Å². The molecule has 110 valence electrons. The molecule has 0 fully saturated rings. The van der Waals surface area contributed by atoms with Crippen molar-refractivity contribution in [2.45, 2.75) is 33.6 Å². The van der Waals surface area contributed by atoms with Crippen LogP contribution in [0.3, 0.4) is 0 Å². The zero-order valence-corrected chi connectivity index (χ0v) is 12.3. The Morgan fingerprint density at radius 2 is 1.90 bits per heavy atom. The van der Waals surface area contributed by atoms with Gasteiger partial charge in [0.15, 0.2) is 0 Å². The molecule has 0 aliphatic carbocycles. The molecule has 0 aliphatic heterocycles. The largest absolute Gasteiger partial charge is 0.478 e. The Bertz CT molecular complexity index is 671. The minimum Gasteiger partial charge on any atom is -0.478 e. The third kappa shape index (κ3) is 3.34. The van der Waals surface area contributed by atoms with Crippen molar-refractivity contribution in [3.05, 3.63) is 40.7 Å². The molecule has 0 saturated carbocycles. The number of nitrogens with zero attached hydrogens (tertiary/aromatic N) is 3. The van der Waals surface area contributed by atoms with Gasteiger partial charge in [-0.1, -0.05) is 19.9 Å². The monoisotopic (exact) mass is 286 g/mol. The lowest BCUT2D eigenvalue weighted by Crippen LogP contribution is -2.07. The number of nitrogens with one attached hydrogen (secondary N) is 1. The molecule has 1 aromatic heterocycles. The summed E-state index contributed by atoms with van der Waals surface area (Å²) < 4.78 is 0. The lowest BCUT2D eigenvalue weighted by Gasteiger charge is -2.09. The second kappa shape index (κ2) is 6.30. The van der Waals surface area contributed by atoms with Crippen LogP contribution in [0.25, 0.3) is 0 Å². The molecule has 6 heteroatoms. The maximum atomic E-state index is 11.1. The van der Waals surface area contributed by atoms with E-state index in [2.05, 4.69) is 20.5 Å². The highest BCUT2D eigenvalue weighted by Gasteiger charge is 2.10. The zero-order valence-electron chi connectivity index (χ0n) is 12.3. The Hall–Kier alpha value is -2.50. The number of anilines is 2. The second-order valence-electron chi connectivity index (χ2n) is 4.70. The summed E-state index contributed by atoms with van der Waals surface area (Å²) in [4.78, 5) is 15.6. The first-order valence-electron chi connectivity index (χ1n) is 6.88. The van der Waals surface area contributed by atoms with Crippen molar-refractivity contribution in [2.24, 2.45) is 0 Å². The predicted octanol–water partition coefficient (Wildman–Crippen LogP) is 2.75. The molecule has 2 N–H and O–H groups in total. The van der Waals surface area contributed by atoms with Crippen LogP contribution in [0.4, 0.5) is 11.6 Å². The summed E-state index contributed by atoms with van der Waals surface area (Å²) in [7, 11) is 0. The van der Waals surface area contributed by atoms with E-state index >= 15 is 0 Å². The Kier molecular flexibility index (Phi) is 4.47. The predicted molar refractivity (Wildman–Crippen MR) is 80.0 cm³/mol. The molecule has 1 heterocycles. The highest BCUT2D eigenvalue weighted by atomic mass is 16.4. The van der Waals surface area contributed by atoms with Crippen molar-refractivity contribution < 1.29 is 9.90 Å². The number of aromatic carboxylic acids is 1. The van der Waals surface area contributed by atoms with E-state index < -0.39 is 5.97 Å². The van der Waals surface area contributed by atoms with Crippen LogP contribution < -0.4 is 5.32 Å². The molecule has 1 aromatic carbocycles. The fraction of sp³-hybridized carbons (Fsp3) is 0.333. The minimum absolute atomic E-state index is 0.258. The molecule has 0 spiro atoms.